The molecule has 0 radical (unpaired) electrons. The summed E-state index contributed by atoms with van der Waals surface area (Å²) in [7, 11) is 0. The van der Waals surface area contributed by atoms with E-state index in [1.165, 1.54) is 12.8 Å². The van der Waals surface area contributed by atoms with Crippen LogP contribution in [0, 0.1) is 0 Å². The lowest BCUT2D eigenvalue weighted by molar-refractivity contribution is 0.602. The maximum atomic E-state index is 5.01. The molecule has 19 heavy (non-hydrogen) atoms. The van der Waals surface area contributed by atoms with E-state index >= 15 is 0 Å². The zero-order chi connectivity index (χ0) is 12.2. The maximum absolute atomic E-state index is 5.01. The third-order valence-electron chi connectivity index (χ3n) is 2.47. The highest BCUT2D eigenvalue weighted by Crippen LogP contribution is 2.09. The van der Waals surface area contributed by atoms with Crippen molar-refractivity contribution < 1.29 is 14.3 Å². The molecule has 0 aliphatic heterocycles. The predicted octanol–water partition coefficient (Wildman–Crippen LogP) is 2.83. The second kappa shape index (κ2) is 5.79. The highest BCUT2D eigenvalue weighted by molar-refractivity contribution is 5.71. The van der Waals surface area contributed by atoms with E-state index < -0.39 is 0 Å². The van der Waals surface area contributed by atoms with Gasteiger partial charge in [0.25, 0.3) is 0 Å². The van der Waals surface area contributed by atoms with Crippen LogP contribution in [-0.2, 0) is 0 Å². The molecule has 0 atom stereocenters. The van der Waals surface area contributed by atoms with Crippen molar-refractivity contribution in [3.63, 3.8) is 0 Å². The number of oxazole rings is 2. The molecule has 0 amide bonds. The first-order valence-corrected chi connectivity index (χ1v) is 5.50. The first-order chi connectivity index (χ1) is 8.93. The van der Waals surface area contributed by atoms with E-state index in [1.54, 1.807) is 0 Å². The average molecular weight is 256 g/mol. The Labute approximate surface area is 108 Å². The Balaban J connectivity index is 0.000000133. The Bertz CT molecular complexity index is 635. The molecule has 0 fully saturated rings. The summed E-state index contributed by atoms with van der Waals surface area (Å²) in [5.74, 6) is 0. The van der Waals surface area contributed by atoms with Gasteiger partial charge in [-0.05, 0) is 24.3 Å². The van der Waals surface area contributed by atoms with E-state index in [0.29, 0.717) is 0 Å². The Morgan fingerprint density at radius 1 is 0.632 bits per heavy atom. The molecule has 0 aliphatic rings. The van der Waals surface area contributed by atoms with Crippen LogP contribution in [0.5, 0.6) is 0 Å². The van der Waals surface area contributed by atoms with Crippen molar-refractivity contribution in [3.8, 4) is 0 Å². The summed E-state index contributed by atoms with van der Waals surface area (Å²) in [6.07, 6.45) is 2.90. The van der Waals surface area contributed by atoms with Crippen molar-refractivity contribution >= 4 is 22.2 Å². The molecule has 2 N–H and O–H groups in total. The first-order valence-electron chi connectivity index (χ1n) is 5.50. The minimum absolute atomic E-state index is 0. The standard InChI is InChI=1S/2C7H5NO.H2O/c2*1-2-4-7-6(3-1)8-5-9-7;/h2*1-5H;1H2. The Morgan fingerprint density at radius 2 is 1.05 bits per heavy atom. The lowest BCUT2D eigenvalue weighted by Crippen LogP contribution is -1.61. The van der Waals surface area contributed by atoms with Crippen molar-refractivity contribution in [3.05, 3.63) is 61.3 Å². The van der Waals surface area contributed by atoms with Crippen LogP contribution in [0.3, 0.4) is 0 Å². The van der Waals surface area contributed by atoms with Gasteiger partial charge in [-0.2, -0.15) is 0 Å². The van der Waals surface area contributed by atoms with Crippen molar-refractivity contribution in [2.45, 2.75) is 0 Å². The van der Waals surface area contributed by atoms with Crippen LogP contribution >= 0.6 is 0 Å². The third kappa shape index (κ3) is 2.78. The molecule has 4 rings (SSSR count). The van der Waals surface area contributed by atoms with Gasteiger partial charge in [-0.25, -0.2) is 9.97 Å². The van der Waals surface area contributed by atoms with Gasteiger partial charge in [-0.1, -0.05) is 24.3 Å². The van der Waals surface area contributed by atoms with Gasteiger partial charge in [0, 0.05) is 0 Å². The van der Waals surface area contributed by atoms with E-state index in [-0.39, 0.29) is 5.48 Å². The van der Waals surface area contributed by atoms with Crippen LogP contribution in [0.15, 0.2) is 70.2 Å². The molecule has 2 aromatic carbocycles. The fourth-order valence-electron chi connectivity index (χ4n) is 1.61. The molecule has 0 bridgehead atoms. The fourth-order valence-corrected chi connectivity index (χ4v) is 1.61. The average Bonchev–Trinajstić information content (AvgIpc) is 3.08. The highest BCUT2D eigenvalue weighted by atomic mass is 16.3. The monoisotopic (exact) mass is 256 g/mol. The highest BCUT2D eigenvalue weighted by Gasteiger charge is 1.92. The van der Waals surface area contributed by atoms with Gasteiger partial charge in [-0.15, -0.1) is 0 Å². The number of hydrogen-bond donors (Lipinski definition) is 0. The van der Waals surface area contributed by atoms with E-state index in [2.05, 4.69) is 9.97 Å². The molecule has 5 nitrogen and oxygen atoms in total. The molecule has 0 spiro atoms. The number of rotatable bonds is 0. The summed E-state index contributed by atoms with van der Waals surface area (Å²) in [4.78, 5) is 7.90. The van der Waals surface area contributed by atoms with Crippen LogP contribution in [0.2, 0.25) is 0 Å². The van der Waals surface area contributed by atoms with Crippen LogP contribution in [0.25, 0.3) is 22.2 Å². The van der Waals surface area contributed by atoms with Crippen molar-refractivity contribution in [2.24, 2.45) is 0 Å². The van der Waals surface area contributed by atoms with Crippen LogP contribution < -0.4 is 0 Å². The SMILES string of the molecule is O.c1ccc2ocnc2c1.c1ccc2ocnc2c1. The number of para-hydroxylation sites is 4. The summed E-state index contributed by atoms with van der Waals surface area (Å²) in [5, 5.41) is 0. The minimum Gasteiger partial charge on any atom is -0.443 e. The van der Waals surface area contributed by atoms with Crippen LogP contribution in [0.1, 0.15) is 0 Å². The number of fused-ring (bicyclic) bond motifs is 2. The predicted molar refractivity (Wildman–Crippen MR) is 71.6 cm³/mol. The second-order valence-corrected chi connectivity index (χ2v) is 3.64. The van der Waals surface area contributed by atoms with E-state index in [4.69, 9.17) is 8.83 Å². The van der Waals surface area contributed by atoms with Crippen LogP contribution in [0.4, 0.5) is 0 Å². The molecule has 2 aromatic heterocycles. The number of nitrogens with zero attached hydrogens (tertiary/aromatic N) is 2. The summed E-state index contributed by atoms with van der Waals surface area (Å²) < 4.78 is 10.0. The first kappa shape index (κ1) is 12.8. The van der Waals surface area contributed by atoms with E-state index in [9.17, 15) is 0 Å². The van der Waals surface area contributed by atoms with Crippen molar-refractivity contribution in [2.75, 3.05) is 0 Å². The van der Waals surface area contributed by atoms with Gasteiger partial charge in [0.15, 0.2) is 24.0 Å². The zero-order valence-electron chi connectivity index (χ0n) is 9.98. The van der Waals surface area contributed by atoms with Gasteiger partial charge < -0.3 is 14.3 Å². The Hall–Kier alpha value is -2.66. The molecule has 4 aromatic rings. The molecule has 2 heterocycles. The smallest absolute Gasteiger partial charge is 0.181 e. The van der Waals surface area contributed by atoms with Gasteiger partial charge in [0.05, 0.1) is 0 Å². The van der Waals surface area contributed by atoms with Crippen molar-refractivity contribution in [1.82, 2.24) is 9.97 Å². The minimum atomic E-state index is 0. The van der Waals surface area contributed by atoms with Crippen molar-refractivity contribution in [1.29, 1.82) is 0 Å². The summed E-state index contributed by atoms with van der Waals surface area (Å²) >= 11 is 0. The molecule has 0 saturated carbocycles. The normalized spacial score (nSPS) is 9.68. The molecule has 0 saturated heterocycles. The fraction of sp³-hybridized carbons (Fsp3) is 0. The Kier molecular flexibility index (Phi) is 3.90. The number of hydrogen-bond acceptors (Lipinski definition) is 4. The molecule has 96 valence electrons. The van der Waals surface area contributed by atoms with Gasteiger partial charge in [-0.3, -0.25) is 0 Å². The summed E-state index contributed by atoms with van der Waals surface area (Å²) in [5.41, 5.74) is 3.52. The summed E-state index contributed by atoms with van der Waals surface area (Å²) in [6.45, 7) is 0. The van der Waals surface area contributed by atoms with E-state index in [1.807, 2.05) is 48.5 Å². The second-order valence-electron chi connectivity index (χ2n) is 3.64. The third-order valence-corrected chi connectivity index (χ3v) is 2.47. The summed E-state index contributed by atoms with van der Waals surface area (Å²) in [6, 6.07) is 15.3. The van der Waals surface area contributed by atoms with Gasteiger partial charge in [0.2, 0.25) is 0 Å². The molecular formula is C14H12N2O3. The van der Waals surface area contributed by atoms with Crippen LogP contribution in [-0.4, -0.2) is 15.4 Å². The van der Waals surface area contributed by atoms with Gasteiger partial charge >= 0.3 is 0 Å². The molecule has 0 aliphatic carbocycles. The molecule has 5 heteroatoms. The lowest BCUT2D eigenvalue weighted by Gasteiger charge is -1.79. The number of aromatic nitrogens is 2. The molecule has 0 unspecified atom stereocenters. The largest absolute Gasteiger partial charge is 0.443 e. The zero-order valence-corrected chi connectivity index (χ0v) is 9.98. The van der Waals surface area contributed by atoms with E-state index in [0.717, 1.165) is 22.2 Å². The number of benzene rings is 2. The maximum Gasteiger partial charge on any atom is 0.181 e. The lowest BCUT2D eigenvalue weighted by atomic mass is 10.3. The topological polar surface area (TPSA) is 83.6 Å². The molecular weight excluding hydrogens is 244 g/mol. The Morgan fingerprint density at radius 3 is 1.47 bits per heavy atom. The van der Waals surface area contributed by atoms with Gasteiger partial charge in [0.1, 0.15) is 11.0 Å². The quantitative estimate of drug-likeness (QED) is 0.484.